The molecular formula is C15H13ClOPS-. The van der Waals surface area contributed by atoms with Gasteiger partial charge in [-0.05, 0) is 22.3 Å². The van der Waals surface area contributed by atoms with E-state index in [1.807, 2.05) is 43.3 Å². The van der Waals surface area contributed by atoms with Crippen LogP contribution in [0.5, 0.6) is 0 Å². The molecule has 0 radical (unpaired) electrons. The highest BCUT2D eigenvalue weighted by molar-refractivity contribution is 8.67. The molecule has 1 unspecified atom stereocenters. The smallest absolute Gasteiger partial charge is 0.236 e. The summed E-state index contributed by atoms with van der Waals surface area (Å²) >= 11 is 7.72. The molecule has 4 heteroatoms. The highest BCUT2D eigenvalue weighted by Crippen LogP contribution is 2.64. The van der Waals surface area contributed by atoms with Crippen LogP contribution in [0.1, 0.15) is 6.92 Å². The highest BCUT2D eigenvalue weighted by atomic mass is 35.7. The van der Waals surface area contributed by atoms with Crippen LogP contribution < -0.4 is 5.30 Å². The summed E-state index contributed by atoms with van der Waals surface area (Å²) < 4.78 is 12.8. The van der Waals surface area contributed by atoms with Crippen molar-refractivity contribution in [3.05, 3.63) is 48.5 Å². The van der Waals surface area contributed by atoms with Crippen molar-refractivity contribution >= 4 is 55.2 Å². The van der Waals surface area contributed by atoms with Crippen molar-refractivity contribution in [1.82, 2.24) is 0 Å². The maximum absolute atomic E-state index is 12.8. The number of benzene rings is 2. The lowest BCUT2D eigenvalue weighted by Crippen LogP contribution is -1.97. The summed E-state index contributed by atoms with van der Waals surface area (Å²) in [5, 5.41) is 5.11. The van der Waals surface area contributed by atoms with Crippen LogP contribution >= 0.6 is 28.3 Å². The molecule has 19 heavy (non-hydrogen) atoms. The minimum absolute atomic E-state index is 0.745. The Hall–Kier alpha value is -0.820. The Balaban J connectivity index is 2.47. The van der Waals surface area contributed by atoms with Crippen LogP contribution in [-0.4, -0.2) is 5.75 Å². The Morgan fingerprint density at radius 1 is 1.16 bits per heavy atom. The maximum atomic E-state index is 12.8. The fourth-order valence-electron chi connectivity index (χ4n) is 2.51. The molecule has 0 saturated carbocycles. The number of hydrogen-bond acceptors (Lipinski definition) is 2. The lowest BCUT2D eigenvalue weighted by Gasteiger charge is -2.12. The van der Waals surface area contributed by atoms with E-state index >= 15 is 0 Å². The third-order valence-electron chi connectivity index (χ3n) is 3.22. The first-order valence-electron chi connectivity index (χ1n) is 6.16. The molecule has 0 bridgehead atoms. The maximum Gasteiger partial charge on any atom is 0.236 e. The Morgan fingerprint density at radius 3 is 2.58 bits per heavy atom. The summed E-state index contributed by atoms with van der Waals surface area (Å²) in [6.07, 6.45) is 0. The average Bonchev–Trinajstić information content (AvgIpc) is 2.74. The summed E-state index contributed by atoms with van der Waals surface area (Å²) in [4.78, 5) is 0. The monoisotopic (exact) mass is 307 g/mol. The Labute approximate surface area is 121 Å². The van der Waals surface area contributed by atoms with Crippen LogP contribution in [-0.2, 0) is 4.57 Å². The third-order valence-corrected chi connectivity index (χ3v) is 8.53. The van der Waals surface area contributed by atoms with Crippen LogP contribution in [0, 0.1) is 0 Å². The Bertz CT molecular complexity index is 740. The van der Waals surface area contributed by atoms with E-state index in [4.69, 9.17) is 11.2 Å². The summed E-state index contributed by atoms with van der Waals surface area (Å²) in [6.45, 7) is 1.98. The fraction of sp³-hybridized carbons (Fsp3) is 0.133. The van der Waals surface area contributed by atoms with Crippen LogP contribution in [0.25, 0.3) is 21.5 Å². The van der Waals surface area contributed by atoms with Crippen LogP contribution in [0.15, 0.2) is 48.5 Å². The molecule has 0 heterocycles. The van der Waals surface area contributed by atoms with Gasteiger partial charge >= 0.3 is 0 Å². The molecule has 0 aromatic heterocycles. The zero-order valence-corrected chi connectivity index (χ0v) is 12.9. The summed E-state index contributed by atoms with van der Waals surface area (Å²) in [5.41, 5.74) is -2.90. The van der Waals surface area contributed by atoms with Crippen LogP contribution in [0.3, 0.4) is 0 Å². The van der Waals surface area contributed by atoms with E-state index in [2.05, 4.69) is 12.1 Å². The minimum Gasteiger partial charge on any atom is -0.291 e. The zero-order chi connectivity index (χ0) is 13.5. The average molecular weight is 308 g/mol. The van der Waals surface area contributed by atoms with E-state index in [9.17, 15) is 4.57 Å². The van der Waals surface area contributed by atoms with Gasteiger partial charge in [0.1, 0.15) is 0 Å². The SMILES string of the molecule is CCSP(=O)(Cl)c1c2ccccc2c2cccc[c-]12. The number of halogens is 1. The van der Waals surface area contributed by atoms with Crippen molar-refractivity contribution in [2.24, 2.45) is 0 Å². The van der Waals surface area contributed by atoms with Crippen molar-refractivity contribution in [2.45, 2.75) is 6.92 Å². The minimum atomic E-state index is -2.90. The van der Waals surface area contributed by atoms with Crippen molar-refractivity contribution in [1.29, 1.82) is 0 Å². The molecule has 1 atom stereocenters. The van der Waals surface area contributed by atoms with Crippen LogP contribution in [0.2, 0.25) is 0 Å². The van der Waals surface area contributed by atoms with E-state index in [1.165, 1.54) is 11.4 Å². The topological polar surface area (TPSA) is 17.1 Å². The lowest BCUT2D eigenvalue weighted by atomic mass is 10.2. The van der Waals surface area contributed by atoms with Gasteiger partial charge in [0.15, 0.2) is 0 Å². The molecular weight excluding hydrogens is 295 g/mol. The molecule has 0 saturated heterocycles. The van der Waals surface area contributed by atoms with Gasteiger partial charge in [-0.2, -0.15) is 0 Å². The van der Waals surface area contributed by atoms with Crippen LogP contribution in [0.4, 0.5) is 0 Å². The molecule has 98 valence electrons. The second-order valence-electron chi connectivity index (χ2n) is 4.34. The van der Waals surface area contributed by atoms with E-state index in [-0.39, 0.29) is 0 Å². The normalized spacial score (nSPS) is 14.8. The van der Waals surface area contributed by atoms with E-state index in [1.54, 1.807) is 0 Å². The van der Waals surface area contributed by atoms with E-state index in [0.717, 1.165) is 32.6 Å². The molecule has 0 N–H and O–H groups in total. The number of rotatable bonds is 3. The predicted molar refractivity (Wildman–Crippen MR) is 88.3 cm³/mol. The van der Waals surface area contributed by atoms with Crippen molar-refractivity contribution < 1.29 is 4.57 Å². The molecule has 3 aromatic rings. The first-order valence-corrected chi connectivity index (χ1v) is 10.4. The molecule has 0 fully saturated rings. The molecule has 3 aromatic carbocycles. The number of fused-ring (bicyclic) bond motifs is 3. The quantitative estimate of drug-likeness (QED) is 0.468. The summed E-state index contributed by atoms with van der Waals surface area (Å²) in [5.74, 6) is 0.745. The van der Waals surface area contributed by atoms with Crippen molar-refractivity contribution in [3.63, 3.8) is 0 Å². The second-order valence-corrected chi connectivity index (χ2v) is 10.9. The van der Waals surface area contributed by atoms with Gasteiger partial charge in [-0.1, -0.05) is 53.3 Å². The van der Waals surface area contributed by atoms with Crippen molar-refractivity contribution in [3.8, 4) is 0 Å². The Kier molecular flexibility index (Phi) is 3.42. The van der Waals surface area contributed by atoms with E-state index < -0.39 is 5.70 Å². The third kappa shape index (κ3) is 2.12. The number of hydrogen-bond donors (Lipinski definition) is 0. The molecule has 0 spiro atoms. The lowest BCUT2D eigenvalue weighted by molar-refractivity contribution is 0.598. The molecule has 0 aliphatic rings. The van der Waals surface area contributed by atoms with Gasteiger partial charge in [0.2, 0.25) is 5.70 Å². The largest absolute Gasteiger partial charge is 0.291 e. The first kappa shape index (κ1) is 13.2. The fourth-order valence-corrected chi connectivity index (χ4v) is 7.34. The first-order chi connectivity index (χ1) is 9.15. The van der Waals surface area contributed by atoms with Gasteiger partial charge < -0.3 is 0 Å². The van der Waals surface area contributed by atoms with Gasteiger partial charge in [-0.25, -0.2) is 0 Å². The van der Waals surface area contributed by atoms with Gasteiger partial charge in [-0.3, -0.25) is 4.57 Å². The van der Waals surface area contributed by atoms with Gasteiger partial charge in [0, 0.05) is 0 Å². The summed E-state index contributed by atoms with van der Waals surface area (Å²) in [6, 6.07) is 16.1. The van der Waals surface area contributed by atoms with Crippen molar-refractivity contribution in [2.75, 3.05) is 5.75 Å². The molecule has 0 amide bonds. The molecule has 1 nitrogen and oxygen atoms in total. The molecule has 0 aliphatic heterocycles. The van der Waals surface area contributed by atoms with Gasteiger partial charge in [0.05, 0.1) is 0 Å². The second kappa shape index (κ2) is 4.94. The predicted octanol–water partition coefficient (Wildman–Crippen LogP) is 5.52. The molecule has 0 aliphatic carbocycles. The van der Waals surface area contributed by atoms with E-state index in [0.29, 0.717) is 0 Å². The van der Waals surface area contributed by atoms with Gasteiger partial charge in [-0.15, -0.1) is 35.0 Å². The standard InChI is InChI=1S/C15H13ClOPS/c1-2-19-18(16,17)15-13-9-5-3-7-11(13)12-8-4-6-10-14(12)15/h3-10H,2H2,1H3/q-1. The molecule has 3 rings (SSSR count). The summed E-state index contributed by atoms with van der Waals surface area (Å²) in [7, 11) is 0. The zero-order valence-electron chi connectivity index (χ0n) is 10.5. The Morgan fingerprint density at radius 2 is 1.84 bits per heavy atom. The highest BCUT2D eigenvalue weighted by Gasteiger charge is 2.23. The van der Waals surface area contributed by atoms with Gasteiger partial charge in [0.25, 0.3) is 0 Å².